The lowest BCUT2D eigenvalue weighted by molar-refractivity contribution is -0.776. The molecule has 1 fully saturated rings. The highest BCUT2D eigenvalue weighted by molar-refractivity contribution is 6.16. The quantitative estimate of drug-likeness (QED) is 0.137. The van der Waals surface area contributed by atoms with Crippen LogP contribution in [0.1, 0.15) is 52.0 Å². The molecule has 0 saturated carbocycles. The van der Waals surface area contributed by atoms with Crippen LogP contribution in [0.3, 0.4) is 0 Å². The Morgan fingerprint density at radius 1 is 0.761 bits per heavy atom. The molecule has 1 aliphatic rings. The third kappa shape index (κ3) is 6.36. The number of nitrogens with one attached hydrogen (secondary N) is 1. The van der Waals surface area contributed by atoms with E-state index in [-0.39, 0.29) is 6.61 Å². The first-order valence-corrected chi connectivity index (χ1v) is 14.6. The zero-order valence-electron chi connectivity index (χ0n) is 26.5. The number of hydrogen-bond acceptors (Lipinski definition) is 11. The predicted molar refractivity (Wildman–Crippen MR) is 161 cm³/mol. The van der Waals surface area contributed by atoms with Crippen LogP contribution in [0.4, 0.5) is 0 Å². The van der Waals surface area contributed by atoms with Gasteiger partial charge in [0.25, 0.3) is 0 Å². The summed E-state index contributed by atoms with van der Waals surface area (Å²) >= 11 is 0. The summed E-state index contributed by atoms with van der Waals surface area (Å²) in [5.74, 6) is -2.72. The number of fused-ring (bicyclic) bond motifs is 4. The highest BCUT2D eigenvalue weighted by Crippen LogP contribution is 2.38. The minimum Gasteiger partial charge on any atom is -0.463 e. The number of aromatic nitrogens is 2. The predicted octanol–water partition coefficient (Wildman–Crippen LogP) is 3.56. The van der Waals surface area contributed by atoms with Crippen LogP contribution in [0, 0.1) is 13.8 Å². The minimum absolute atomic E-state index is 0.332. The lowest BCUT2D eigenvalue weighted by Gasteiger charge is -2.41. The Morgan fingerprint density at radius 3 is 2.04 bits per heavy atom. The number of H-pyrrole nitrogens is 1. The second-order valence-corrected chi connectivity index (χ2v) is 11.2. The summed E-state index contributed by atoms with van der Waals surface area (Å²) in [6.07, 6.45) is -2.44. The van der Waals surface area contributed by atoms with Crippen LogP contribution < -0.4 is 9.30 Å². The van der Waals surface area contributed by atoms with Crippen molar-refractivity contribution in [1.82, 2.24) is 4.98 Å². The van der Waals surface area contributed by atoms with Gasteiger partial charge in [-0.05, 0) is 48.6 Å². The number of aromatic amines is 1. The van der Waals surface area contributed by atoms with E-state index in [9.17, 15) is 24.0 Å². The standard InChI is InChI=1S/C33H34N2O11/c1-15-25-13-35(11-10-23(25)16(2)29-28(15)24-12-22(42-18(4)37)8-9-26(24)34-29)33-32(45-21(7)40)31(44-20(6)39)30(43-19(5)38)27(46-33)14-41-17(3)36/h8-13,27,30-33H,14H2,1-7H3/p+1/t27-,30-,31+,32+,33+/m0/s1. The Kier molecular flexibility index (Phi) is 8.97. The SMILES string of the molecule is CC(=O)OC[C@@H]1O[C@@H]([n+]2ccc3c(C)c4[nH]c5ccc(OC(C)=O)cc5c4c(C)c3c2)[C@H](OC(C)=O)[C@H](OC(C)=O)[C@H]1OC(C)=O. The molecule has 13 nitrogen and oxygen atoms in total. The van der Waals surface area contributed by atoms with E-state index in [0.717, 1.165) is 43.7 Å². The van der Waals surface area contributed by atoms with E-state index in [1.807, 2.05) is 38.2 Å². The molecule has 0 aliphatic carbocycles. The molecule has 0 radical (unpaired) electrons. The number of ether oxygens (including phenoxy) is 6. The van der Waals surface area contributed by atoms with Gasteiger partial charge in [0.1, 0.15) is 18.5 Å². The first kappa shape index (κ1) is 32.4. The van der Waals surface area contributed by atoms with Crippen LogP contribution in [-0.2, 0) is 47.7 Å². The van der Waals surface area contributed by atoms with Crippen molar-refractivity contribution in [3.8, 4) is 5.75 Å². The maximum Gasteiger partial charge on any atom is 0.308 e. The third-order valence-corrected chi connectivity index (χ3v) is 7.83. The number of nitrogens with zero attached hydrogens (tertiary/aromatic N) is 1. The highest BCUT2D eigenvalue weighted by atomic mass is 16.7. The van der Waals surface area contributed by atoms with Crippen LogP contribution in [-0.4, -0.2) is 65.9 Å². The number of aryl methyl sites for hydroxylation is 2. The molecular weight excluding hydrogens is 600 g/mol. The number of pyridine rings is 1. The van der Waals surface area contributed by atoms with Crippen molar-refractivity contribution in [2.24, 2.45) is 0 Å². The smallest absolute Gasteiger partial charge is 0.308 e. The number of esters is 5. The van der Waals surface area contributed by atoms with Crippen molar-refractivity contribution >= 4 is 62.4 Å². The summed E-state index contributed by atoms with van der Waals surface area (Å²) in [5.41, 5.74) is 3.65. The Hall–Kier alpha value is -5.04. The van der Waals surface area contributed by atoms with Crippen LogP contribution >= 0.6 is 0 Å². The second kappa shape index (κ2) is 12.8. The molecule has 0 spiro atoms. The third-order valence-electron chi connectivity index (χ3n) is 7.83. The minimum atomic E-state index is -1.30. The summed E-state index contributed by atoms with van der Waals surface area (Å²) in [4.78, 5) is 63.6. The summed E-state index contributed by atoms with van der Waals surface area (Å²) in [7, 11) is 0. The average molecular weight is 636 g/mol. The fourth-order valence-electron chi connectivity index (χ4n) is 6.08. The van der Waals surface area contributed by atoms with Gasteiger partial charge in [0.2, 0.25) is 6.10 Å². The molecule has 242 valence electrons. The molecule has 46 heavy (non-hydrogen) atoms. The van der Waals surface area contributed by atoms with Gasteiger partial charge in [-0.1, -0.05) is 0 Å². The van der Waals surface area contributed by atoms with Crippen molar-refractivity contribution in [2.45, 2.75) is 79.1 Å². The number of carbonyl (C=O) groups is 5. The van der Waals surface area contributed by atoms with Gasteiger partial charge in [-0.3, -0.25) is 24.0 Å². The monoisotopic (exact) mass is 635 g/mol. The molecule has 13 heteroatoms. The zero-order valence-corrected chi connectivity index (χ0v) is 26.5. The zero-order chi connectivity index (χ0) is 33.4. The van der Waals surface area contributed by atoms with Crippen LogP contribution in [0.25, 0.3) is 32.6 Å². The molecule has 3 heterocycles. The molecule has 1 aliphatic heterocycles. The number of benzene rings is 2. The molecule has 0 unspecified atom stereocenters. The molecule has 0 amide bonds. The molecule has 2 aromatic heterocycles. The van der Waals surface area contributed by atoms with Gasteiger partial charge < -0.3 is 33.4 Å². The summed E-state index contributed by atoms with van der Waals surface area (Å²) in [6.45, 7) is 9.73. The normalized spacial score (nSPS) is 21.2. The lowest BCUT2D eigenvalue weighted by atomic mass is 9.95. The van der Waals surface area contributed by atoms with E-state index in [1.54, 1.807) is 16.8 Å². The second-order valence-electron chi connectivity index (χ2n) is 11.2. The number of hydrogen-bond donors (Lipinski definition) is 1. The average Bonchev–Trinajstić information content (AvgIpc) is 3.35. The van der Waals surface area contributed by atoms with Gasteiger partial charge in [-0.25, -0.2) is 0 Å². The first-order chi connectivity index (χ1) is 21.7. The summed E-state index contributed by atoms with van der Waals surface area (Å²) in [6, 6.07) is 7.28. The summed E-state index contributed by atoms with van der Waals surface area (Å²) < 4.78 is 35.4. The van der Waals surface area contributed by atoms with E-state index < -0.39 is 60.5 Å². The van der Waals surface area contributed by atoms with Gasteiger partial charge >= 0.3 is 36.1 Å². The molecular formula is C33H35N2O11+. The van der Waals surface area contributed by atoms with Crippen LogP contribution in [0.15, 0.2) is 36.7 Å². The van der Waals surface area contributed by atoms with Crippen molar-refractivity contribution in [3.05, 3.63) is 47.8 Å². The van der Waals surface area contributed by atoms with Crippen molar-refractivity contribution in [1.29, 1.82) is 0 Å². The maximum atomic E-state index is 12.4. The van der Waals surface area contributed by atoms with Crippen LogP contribution in [0.5, 0.6) is 5.75 Å². The van der Waals surface area contributed by atoms with Gasteiger partial charge in [0, 0.05) is 62.4 Å². The highest BCUT2D eigenvalue weighted by Gasteiger charge is 2.56. The Bertz CT molecular complexity index is 1900. The molecule has 1 N–H and O–H groups in total. The van der Waals surface area contributed by atoms with Gasteiger partial charge in [0.15, 0.2) is 24.6 Å². The first-order valence-electron chi connectivity index (χ1n) is 14.6. The maximum absolute atomic E-state index is 12.4. The molecule has 2 aromatic carbocycles. The van der Waals surface area contributed by atoms with Crippen molar-refractivity contribution in [3.63, 3.8) is 0 Å². The summed E-state index contributed by atoms with van der Waals surface area (Å²) in [5, 5.41) is 3.55. The molecule has 4 aromatic rings. The lowest BCUT2D eigenvalue weighted by Crippen LogP contribution is -2.65. The van der Waals surface area contributed by atoms with E-state index in [1.165, 1.54) is 34.6 Å². The fraction of sp³-hybridized carbons (Fsp3) is 0.394. The topological polar surface area (TPSA) is 160 Å². The van der Waals surface area contributed by atoms with E-state index in [4.69, 9.17) is 28.4 Å². The Balaban J connectivity index is 1.69. The van der Waals surface area contributed by atoms with E-state index in [2.05, 4.69) is 4.98 Å². The van der Waals surface area contributed by atoms with Crippen LogP contribution in [0.2, 0.25) is 0 Å². The molecule has 5 rings (SSSR count). The van der Waals surface area contributed by atoms with E-state index in [0.29, 0.717) is 5.75 Å². The molecule has 5 atom stereocenters. The van der Waals surface area contributed by atoms with Crippen molar-refractivity contribution in [2.75, 3.05) is 6.61 Å². The van der Waals surface area contributed by atoms with Gasteiger partial charge in [0.05, 0.1) is 5.52 Å². The largest absolute Gasteiger partial charge is 0.463 e. The number of rotatable bonds is 7. The van der Waals surface area contributed by atoms with E-state index >= 15 is 0 Å². The fourth-order valence-corrected chi connectivity index (χ4v) is 6.08. The molecule has 1 saturated heterocycles. The Morgan fingerprint density at radius 2 is 1.41 bits per heavy atom. The van der Waals surface area contributed by atoms with Gasteiger partial charge in [-0.15, -0.1) is 0 Å². The van der Waals surface area contributed by atoms with Gasteiger partial charge in [-0.2, -0.15) is 4.57 Å². The van der Waals surface area contributed by atoms with Crippen molar-refractivity contribution < 1.29 is 57.0 Å². The Labute approximate surface area is 263 Å². The number of carbonyl (C=O) groups excluding carboxylic acids is 5. The molecule has 0 bridgehead atoms.